The normalized spacial score (nSPS) is 49.3. The Kier molecular flexibility index (Phi) is 2.69. The number of hydrogen-bond acceptors (Lipinski definition) is 1. The van der Waals surface area contributed by atoms with E-state index in [-0.39, 0.29) is 11.2 Å². The summed E-state index contributed by atoms with van der Waals surface area (Å²) in [6.45, 7) is 1.92. The van der Waals surface area contributed by atoms with Gasteiger partial charge < -0.3 is 0 Å². The summed E-state index contributed by atoms with van der Waals surface area (Å²) in [5.74, 6) is 2.67. The lowest BCUT2D eigenvalue weighted by molar-refractivity contribution is -0.00888. The van der Waals surface area contributed by atoms with E-state index >= 15 is 0 Å². The molecule has 0 amide bonds. The third-order valence-corrected chi connectivity index (χ3v) is 8.93. The maximum atomic E-state index is 12.9. The predicted octanol–water partition coefficient (Wildman–Crippen LogP) is 3.25. The highest BCUT2D eigenvalue weighted by Gasteiger charge is 2.54. The van der Waals surface area contributed by atoms with Crippen molar-refractivity contribution in [1.82, 2.24) is 9.76 Å². The van der Waals surface area contributed by atoms with Gasteiger partial charge in [0.15, 0.2) is 0 Å². The van der Waals surface area contributed by atoms with Crippen molar-refractivity contribution in [3.63, 3.8) is 0 Å². The minimum absolute atomic E-state index is 0.168. The van der Waals surface area contributed by atoms with Crippen LogP contribution in [0.4, 0.5) is 0 Å². The first kappa shape index (κ1) is 12.2. The lowest BCUT2D eigenvalue weighted by Crippen LogP contribution is -2.57. The summed E-state index contributed by atoms with van der Waals surface area (Å²) in [7, 11) is -2.46. The maximum absolute atomic E-state index is 12.9. The van der Waals surface area contributed by atoms with Crippen molar-refractivity contribution in [2.45, 2.75) is 44.1 Å². The SMILES string of the molecule is O=P(CCl)(NC12CC3CC(CC(C3)C1)C2)N1CC1. The van der Waals surface area contributed by atoms with Gasteiger partial charge in [-0.05, 0) is 56.3 Å². The van der Waals surface area contributed by atoms with Crippen molar-refractivity contribution >= 4 is 19.0 Å². The van der Waals surface area contributed by atoms with Gasteiger partial charge in [0.25, 0.3) is 0 Å². The van der Waals surface area contributed by atoms with Crippen molar-refractivity contribution in [2.24, 2.45) is 17.8 Å². The van der Waals surface area contributed by atoms with Crippen LogP contribution in [0.15, 0.2) is 0 Å². The van der Waals surface area contributed by atoms with Crippen LogP contribution in [-0.2, 0) is 4.57 Å². The van der Waals surface area contributed by atoms with Gasteiger partial charge in [-0.25, -0.2) is 9.76 Å². The van der Waals surface area contributed by atoms with Gasteiger partial charge in [-0.3, -0.25) is 4.57 Å². The number of nitrogens with one attached hydrogen (secondary N) is 1. The Morgan fingerprint density at radius 1 is 1.11 bits per heavy atom. The fourth-order valence-electron chi connectivity index (χ4n) is 5.16. The molecule has 0 aromatic rings. The molecule has 0 radical (unpaired) electrons. The molecule has 0 aromatic heterocycles. The molecule has 1 heterocycles. The second-order valence-electron chi connectivity index (χ2n) is 7.08. The van der Waals surface area contributed by atoms with E-state index in [4.69, 9.17) is 11.6 Å². The zero-order valence-corrected chi connectivity index (χ0v) is 12.4. The molecule has 0 spiro atoms. The van der Waals surface area contributed by atoms with E-state index in [1.807, 2.05) is 0 Å². The van der Waals surface area contributed by atoms with E-state index in [0.29, 0.717) is 0 Å². The number of nitrogens with zero attached hydrogens (tertiary/aromatic N) is 1. The van der Waals surface area contributed by atoms with E-state index < -0.39 is 7.44 Å². The van der Waals surface area contributed by atoms with Crippen LogP contribution in [0.5, 0.6) is 0 Å². The third-order valence-electron chi connectivity index (χ3n) is 5.49. The average Bonchev–Trinajstić information content (AvgIpc) is 3.10. The smallest absolute Gasteiger partial charge is 0.228 e. The first-order valence-electron chi connectivity index (χ1n) is 7.31. The molecule has 5 fully saturated rings. The Labute approximate surface area is 114 Å². The van der Waals surface area contributed by atoms with E-state index in [1.165, 1.54) is 38.5 Å². The summed E-state index contributed by atoms with van der Waals surface area (Å²) >= 11 is 6.02. The molecule has 4 bridgehead atoms. The summed E-state index contributed by atoms with van der Waals surface area (Å²) < 4.78 is 15.0. The Balaban J connectivity index is 1.58. The van der Waals surface area contributed by atoms with E-state index in [0.717, 1.165) is 30.8 Å². The van der Waals surface area contributed by atoms with E-state index in [9.17, 15) is 4.57 Å². The third kappa shape index (κ3) is 1.90. The first-order chi connectivity index (χ1) is 8.61. The van der Waals surface area contributed by atoms with Crippen LogP contribution in [-0.4, -0.2) is 28.9 Å². The monoisotopic (exact) mass is 288 g/mol. The number of halogens is 1. The first-order valence-corrected chi connectivity index (χ1v) is 9.69. The lowest BCUT2D eigenvalue weighted by Gasteiger charge is -2.57. The molecule has 3 nitrogen and oxygen atoms in total. The summed E-state index contributed by atoms with van der Waals surface area (Å²) in [6, 6.07) is 0. The van der Waals surface area contributed by atoms with Crippen LogP contribution >= 0.6 is 19.0 Å². The van der Waals surface area contributed by atoms with Crippen LogP contribution in [0.3, 0.4) is 0 Å². The average molecular weight is 289 g/mol. The summed E-state index contributed by atoms with van der Waals surface area (Å²) in [5.41, 5.74) is 0.441. The number of rotatable bonds is 4. The molecule has 1 atom stereocenters. The van der Waals surface area contributed by atoms with Crippen LogP contribution in [0, 0.1) is 17.8 Å². The zero-order chi connectivity index (χ0) is 12.4. The molecule has 5 rings (SSSR count). The highest BCUT2D eigenvalue weighted by Crippen LogP contribution is 2.61. The molecule has 5 heteroatoms. The maximum Gasteiger partial charge on any atom is 0.228 e. The number of hydrogen-bond donors (Lipinski definition) is 1. The van der Waals surface area contributed by atoms with E-state index in [1.54, 1.807) is 0 Å². The van der Waals surface area contributed by atoms with Crippen molar-refractivity contribution in [2.75, 3.05) is 18.7 Å². The molecular weight excluding hydrogens is 267 g/mol. The molecule has 5 aliphatic rings. The molecule has 102 valence electrons. The summed E-state index contributed by atoms with van der Waals surface area (Å²) in [5, 5.41) is 3.60. The van der Waals surface area contributed by atoms with Crippen molar-refractivity contribution in [3.05, 3.63) is 0 Å². The van der Waals surface area contributed by atoms with Gasteiger partial charge in [-0.1, -0.05) is 0 Å². The van der Waals surface area contributed by atoms with Gasteiger partial charge in [-0.15, -0.1) is 11.6 Å². The number of alkyl halides is 1. The lowest BCUT2D eigenvalue weighted by atomic mass is 9.53. The van der Waals surface area contributed by atoms with E-state index in [2.05, 4.69) is 9.76 Å². The van der Waals surface area contributed by atoms with Crippen LogP contribution in [0.25, 0.3) is 0 Å². The van der Waals surface area contributed by atoms with Gasteiger partial charge in [0.05, 0.1) is 0 Å². The minimum atomic E-state index is -2.46. The van der Waals surface area contributed by atoms with Crippen molar-refractivity contribution < 1.29 is 4.57 Å². The molecule has 4 saturated carbocycles. The fourth-order valence-corrected chi connectivity index (χ4v) is 7.90. The van der Waals surface area contributed by atoms with Gasteiger partial charge >= 0.3 is 0 Å². The molecule has 1 unspecified atom stereocenters. The topological polar surface area (TPSA) is 32.1 Å². The largest absolute Gasteiger partial charge is 0.288 e. The molecule has 0 aromatic carbocycles. The van der Waals surface area contributed by atoms with Crippen molar-refractivity contribution in [3.8, 4) is 0 Å². The summed E-state index contributed by atoms with van der Waals surface area (Å²) in [4.78, 5) is 0. The van der Waals surface area contributed by atoms with Gasteiger partial charge in [0.2, 0.25) is 7.44 Å². The Morgan fingerprint density at radius 3 is 2.00 bits per heavy atom. The molecule has 4 aliphatic carbocycles. The molecule has 1 aliphatic heterocycles. The van der Waals surface area contributed by atoms with Crippen LogP contribution < -0.4 is 5.09 Å². The highest BCUT2D eigenvalue weighted by atomic mass is 35.5. The Bertz CT molecular complexity index is 375. The molecule has 18 heavy (non-hydrogen) atoms. The second kappa shape index (κ2) is 3.97. The Morgan fingerprint density at radius 2 is 1.61 bits per heavy atom. The van der Waals surface area contributed by atoms with Gasteiger partial charge in [0.1, 0.15) is 5.62 Å². The second-order valence-corrected chi connectivity index (χ2v) is 10.2. The van der Waals surface area contributed by atoms with Crippen LogP contribution in [0.2, 0.25) is 0 Å². The molecule has 1 saturated heterocycles. The van der Waals surface area contributed by atoms with Gasteiger partial charge in [0, 0.05) is 18.6 Å². The van der Waals surface area contributed by atoms with Crippen molar-refractivity contribution in [1.29, 1.82) is 0 Å². The highest BCUT2D eigenvalue weighted by molar-refractivity contribution is 7.61. The fraction of sp³-hybridized carbons (Fsp3) is 1.00. The quantitative estimate of drug-likeness (QED) is 0.490. The van der Waals surface area contributed by atoms with Gasteiger partial charge in [-0.2, -0.15) is 0 Å². The summed E-state index contributed by atoms with van der Waals surface area (Å²) in [6.07, 6.45) is 8.01. The Hall–Kier alpha value is 0.440. The standard InChI is InChI=1S/C13H22ClN2OP/c14-9-18(17,16-1-2-16)15-13-6-10-3-11(7-13)5-12(4-10)8-13/h10-12H,1-9H2,(H,15,17). The predicted molar refractivity (Wildman–Crippen MR) is 73.9 cm³/mol. The van der Waals surface area contributed by atoms with Crippen LogP contribution in [0.1, 0.15) is 38.5 Å². The minimum Gasteiger partial charge on any atom is -0.288 e. The molecular formula is C13H22ClN2OP. The zero-order valence-electron chi connectivity index (χ0n) is 10.8. The molecule has 1 N–H and O–H groups in total.